The number of nitrogens with zero attached hydrogens (tertiary/aromatic N) is 4. The van der Waals surface area contributed by atoms with Crippen molar-refractivity contribution in [1.29, 1.82) is 0 Å². The normalized spacial score (nSPS) is 21.2. The molecule has 2 aliphatic heterocycles. The van der Waals surface area contributed by atoms with Crippen LogP contribution >= 0.6 is 23.4 Å². The molecule has 2 aliphatic rings. The van der Waals surface area contributed by atoms with Crippen LogP contribution < -0.4 is 16.0 Å². The number of ether oxygens (including phenoxy) is 2. The summed E-state index contributed by atoms with van der Waals surface area (Å²) in [5, 5.41) is 3.78. The number of anilines is 2. The monoisotopic (exact) mass is 548 g/mol. The number of Topliss-reactive ketones (excluding diaryl/α,β-unsaturated/α-hetero) is 1. The molecular weight excluding hydrogens is 516 g/mol. The van der Waals surface area contributed by atoms with Gasteiger partial charge in [-0.05, 0) is 58.4 Å². The van der Waals surface area contributed by atoms with Crippen LogP contribution in [0.25, 0.3) is 0 Å². The van der Waals surface area contributed by atoms with Gasteiger partial charge in [0.05, 0.1) is 35.7 Å². The molecule has 0 aliphatic carbocycles. The van der Waals surface area contributed by atoms with Gasteiger partial charge in [0.2, 0.25) is 0 Å². The Balaban J connectivity index is 1.49. The van der Waals surface area contributed by atoms with Crippen molar-refractivity contribution >= 4 is 46.7 Å². The molecule has 12 heteroatoms. The average Bonchev–Trinajstić information content (AvgIpc) is 3.11. The quantitative estimate of drug-likeness (QED) is 0.410. The van der Waals surface area contributed by atoms with Crippen molar-refractivity contribution in [1.82, 2.24) is 20.3 Å². The summed E-state index contributed by atoms with van der Waals surface area (Å²) in [4.78, 5) is 40.9. The highest BCUT2D eigenvalue weighted by Crippen LogP contribution is 2.43. The minimum Gasteiger partial charge on any atom is -0.444 e. The number of alkyl carbamates (subject to hydrolysis) is 1. The Morgan fingerprint density at radius 1 is 1.30 bits per heavy atom. The smallest absolute Gasteiger partial charge is 0.407 e. The molecule has 2 saturated heterocycles. The van der Waals surface area contributed by atoms with Crippen molar-refractivity contribution in [2.24, 2.45) is 5.41 Å². The van der Waals surface area contributed by atoms with Crippen LogP contribution in [0.5, 0.6) is 0 Å². The second kappa shape index (κ2) is 10.6. The first-order valence-corrected chi connectivity index (χ1v) is 13.4. The molecule has 2 atom stereocenters. The number of nitrogens with two attached hydrogens (primary N) is 1. The van der Waals surface area contributed by atoms with Crippen LogP contribution in [-0.2, 0) is 9.47 Å². The number of nitrogens with one attached hydrogen (secondary N) is 1. The maximum absolute atomic E-state index is 12.6. The predicted molar refractivity (Wildman–Crippen MR) is 142 cm³/mol. The summed E-state index contributed by atoms with van der Waals surface area (Å²) >= 11 is 7.49. The number of hydrogen-bond acceptors (Lipinski definition) is 10. The molecule has 37 heavy (non-hydrogen) atoms. The molecule has 0 radical (unpaired) electrons. The minimum atomic E-state index is -0.577. The Morgan fingerprint density at radius 2 is 2.00 bits per heavy atom. The molecular formula is C25H33ClN6O4S. The number of carbonyl (C=O) groups is 2. The number of piperidine rings is 1. The SMILES string of the molecule is CC(=O)c1nc(Sc2ccnc(N)c2Cl)ncc1N1CCC2(CC1)CO[C@@H](C)[C@H]2NC(=O)OC(C)(C)C. The predicted octanol–water partition coefficient (Wildman–Crippen LogP) is 4.36. The van der Waals surface area contributed by atoms with Crippen LogP contribution in [0.1, 0.15) is 57.9 Å². The van der Waals surface area contributed by atoms with Crippen molar-refractivity contribution in [3.63, 3.8) is 0 Å². The Morgan fingerprint density at radius 3 is 2.65 bits per heavy atom. The topological polar surface area (TPSA) is 133 Å². The second-order valence-corrected chi connectivity index (χ2v) is 11.9. The van der Waals surface area contributed by atoms with E-state index in [1.54, 1.807) is 18.5 Å². The van der Waals surface area contributed by atoms with Gasteiger partial charge in [-0.3, -0.25) is 4.79 Å². The van der Waals surface area contributed by atoms with E-state index in [2.05, 4.69) is 25.2 Å². The van der Waals surface area contributed by atoms with Gasteiger partial charge in [-0.1, -0.05) is 11.6 Å². The third-order valence-electron chi connectivity index (χ3n) is 6.70. The van der Waals surface area contributed by atoms with Crippen LogP contribution in [-0.4, -0.2) is 64.3 Å². The third kappa shape index (κ3) is 6.10. The molecule has 2 aromatic heterocycles. The van der Waals surface area contributed by atoms with Gasteiger partial charge in [0.1, 0.15) is 17.1 Å². The van der Waals surface area contributed by atoms with E-state index < -0.39 is 11.7 Å². The summed E-state index contributed by atoms with van der Waals surface area (Å²) in [6.07, 6.45) is 4.24. The zero-order valence-electron chi connectivity index (χ0n) is 21.7. The average molecular weight is 549 g/mol. The third-order valence-corrected chi connectivity index (χ3v) is 8.15. The molecule has 2 fully saturated rings. The van der Waals surface area contributed by atoms with Gasteiger partial charge in [0.15, 0.2) is 10.9 Å². The van der Waals surface area contributed by atoms with E-state index in [1.807, 2.05) is 27.7 Å². The molecule has 1 amide bonds. The number of carbonyl (C=O) groups excluding carboxylic acids is 2. The molecule has 0 unspecified atom stereocenters. The summed E-state index contributed by atoms with van der Waals surface area (Å²) in [5.74, 6) is 0.0733. The van der Waals surface area contributed by atoms with Crippen LogP contribution in [0, 0.1) is 5.41 Å². The number of halogens is 1. The number of pyridine rings is 1. The molecule has 3 N–H and O–H groups in total. The Labute approximate surface area is 226 Å². The van der Waals surface area contributed by atoms with E-state index >= 15 is 0 Å². The van der Waals surface area contributed by atoms with E-state index in [-0.39, 0.29) is 29.2 Å². The molecule has 0 saturated carbocycles. The van der Waals surface area contributed by atoms with Gasteiger partial charge in [0, 0.05) is 36.5 Å². The van der Waals surface area contributed by atoms with Crippen molar-refractivity contribution in [2.45, 2.75) is 75.3 Å². The lowest BCUT2D eigenvalue weighted by molar-refractivity contribution is 0.0434. The van der Waals surface area contributed by atoms with Gasteiger partial charge in [-0.15, -0.1) is 0 Å². The van der Waals surface area contributed by atoms with Crippen LogP contribution in [0.3, 0.4) is 0 Å². The highest BCUT2D eigenvalue weighted by molar-refractivity contribution is 7.99. The van der Waals surface area contributed by atoms with Crippen LogP contribution in [0.4, 0.5) is 16.3 Å². The van der Waals surface area contributed by atoms with E-state index in [0.717, 1.165) is 12.8 Å². The molecule has 4 rings (SSSR count). The van der Waals surface area contributed by atoms with Crippen LogP contribution in [0.2, 0.25) is 5.02 Å². The number of amides is 1. The standard InChI is InChI=1S/C25H33ClN6O4S/c1-14(33)19-16(12-29-22(30-19)37-17-6-9-28-21(27)18(17)26)32-10-7-25(8-11-32)13-35-15(2)20(25)31-23(34)36-24(3,4)5/h6,9,12,15,20H,7-8,10-11,13H2,1-5H3,(H2,27,28)(H,31,34)/t15-,20+/m0/s1. The zero-order chi connectivity index (χ0) is 27.0. The molecule has 4 heterocycles. The van der Waals surface area contributed by atoms with Crippen molar-refractivity contribution in [2.75, 3.05) is 30.3 Å². The van der Waals surface area contributed by atoms with Crippen molar-refractivity contribution < 1.29 is 19.1 Å². The molecule has 0 bridgehead atoms. The lowest BCUT2D eigenvalue weighted by Gasteiger charge is -2.43. The molecule has 2 aromatic rings. The molecule has 10 nitrogen and oxygen atoms in total. The largest absolute Gasteiger partial charge is 0.444 e. The number of nitrogen functional groups attached to an aromatic ring is 1. The summed E-state index contributed by atoms with van der Waals surface area (Å²) in [5.41, 5.74) is 6.05. The lowest BCUT2D eigenvalue weighted by Crippen LogP contribution is -2.55. The number of ketones is 1. The van der Waals surface area contributed by atoms with E-state index in [4.69, 9.17) is 26.8 Å². The molecule has 0 aromatic carbocycles. The van der Waals surface area contributed by atoms with E-state index in [9.17, 15) is 9.59 Å². The Kier molecular flexibility index (Phi) is 7.87. The zero-order valence-corrected chi connectivity index (χ0v) is 23.3. The summed E-state index contributed by atoms with van der Waals surface area (Å²) in [7, 11) is 0. The minimum absolute atomic E-state index is 0.125. The molecule has 1 spiro atoms. The Bertz CT molecular complexity index is 1180. The van der Waals surface area contributed by atoms with E-state index in [0.29, 0.717) is 46.2 Å². The number of hydrogen-bond donors (Lipinski definition) is 2. The first kappa shape index (κ1) is 27.4. The summed E-state index contributed by atoms with van der Waals surface area (Å²) < 4.78 is 11.5. The van der Waals surface area contributed by atoms with Gasteiger partial charge in [0.25, 0.3) is 0 Å². The Hall–Kier alpha value is -2.63. The summed E-state index contributed by atoms with van der Waals surface area (Å²) in [6.45, 7) is 10.9. The first-order chi connectivity index (χ1) is 17.4. The lowest BCUT2D eigenvalue weighted by atomic mass is 9.73. The van der Waals surface area contributed by atoms with Gasteiger partial charge >= 0.3 is 6.09 Å². The number of rotatable bonds is 5. The van der Waals surface area contributed by atoms with Gasteiger partial charge in [-0.25, -0.2) is 19.7 Å². The van der Waals surface area contributed by atoms with Gasteiger partial charge in [-0.2, -0.15) is 0 Å². The van der Waals surface area contributed by atoms with Crippen LogP contribution in [0.15, 0.2) is 28.5 Å². The van der Waals surface area contributed by atoms with Crippen molar-refractivity contribution in [3.05, 3.63) is 29.2 Å². The maximum Gasteiger partial charge on any atom is 0.407 e. The number of aromatic nitrogens is 3. The second-order valence-electron chi connectivity index (χ2n) is 10.5. The fourth-order valence-corrected chi connectivity index (χ4v) is 5.84. The molecule has 200 valence electrons. The fraction of sp³-hybridized carbons (Fsp3) is 0.560. The first-order valence-electron chi connectivity index (χ1n) is 12.2. The van der Waals surface area contributed by atoms with Gasteiger partial charge < -0.3 is 25.4 Å². The van der Waals surface area contributed by atoms with E-state index in [1.165, 1.54) is 18.7 Å². The summed E-state index contributed by atoms with van der Waals surface area (Å²) in [6, 6.07) is 1.56. The highest BCUT2D eigenvalue weighted by atomic mass is 35.5. The maximum atomic E-state index is 12.6. The van der Waals surface area contributed by atoms with Crippen molar-refractivity contribution in [3.8, 4) is 0 Å². The fourth-order valence-electron chi connectivity index (χ4n) is 4.85. The highest BCUT2D eigenvalue weighted by Gasteiger charge is 2.50.